The van der Waals surface area contributed by atoms with Gasteiger partial charge in [0.15, 0.2) is 0 Å². The predicted molar refractivity (Wildman–Crippen MR) is 53.6 cm³/mol. The molecule has 3 rings (SSSR count). The van der Waals surface area contributed by atoms with Gasteiger partial charge in [0.1, 0.15) is 0 Å². The van der Waals surface area contributed by atoms with Crippen molar-refractivity contribution in [2.24, 2.45) is 5.41 Å². The van der Waals surface area contributed by atoms with Gasteiger partial charge in [-0.2, -0.15) is 0 Å². The van der Waals surface area contributed by atoms with Gasteiger partial charge < -0.3 is 0 Å². The largest absolute Gasteiger partial charge is 0.119 e. The highest BCUT2D eigenvalue weighted by Crippen LogP contribution is 2.56. The summed E-state index contributed by atoms with van der Waals surface area (Å²) in [5.74, 6) is 0. The normalized spacial score (nSPS) is 46.5. The Labute approximate surface area is 80.7 Å². The van der Waals surface area contributed by atoms with Gasteiger partial charge in [-0.15, -0.1) is 11.6 Å². The summed E-state index contributed by atoms with van der Waals surface area (Å²) < 4.78 is 0. The van der Waals surface area contributed by atoms with Gasteiger partial charge in [-0.1, -0.05) is 13.3 Å². The smallest absolute Gasteiger partial charge is 0.0447 e. The first kappa shape index (κ1) is 8.87. The van der Waals surface area contributed by atoms with Crippen molar-refractivity contribution in [1.82, 2.24) is 0 Å². The van der Waals surface area contributed by atoms with E-state index in [0.717, 1.165) is 5.41 Å². The second-order valence-corrected chi connectivity index (χ2v) is 5.70. The van der Waals surface area contributed by atoms with E-state index in [1.807, 2.05) is 0 Å². The average Bonchev–Trinajstić information content (AvgIpc) is 2.08. The van der Waals surface area contributed by atoms with Crippen LogP contribution >= 0.6 is 11.6 Å². The molecule has 0 spiro atoms. The summed E-state index contributed by atoms with van der Waals surface area (Å²) in [4.78, 5) is 0.232. The highest BCUT2D eigenvalue weighted by Gasteiger charge is 2.46. The van der Waals surface area contributed by atoms with Gasteiger partial charge in [0.2, 0.25) is 0 Å². The molecular weight excluding hydrogens is 168 g/mol. The minimum atomic E-state index is 0.232. The summed E-state index contributed by atoms with van der Waals surface area (Å²) in [5, 5.41) is 0. The van der Waals surface area contributed by atoms with E-state index >= 15 is 0 Å². The van der Waals surface area contributed by atoms with Crippen LogP contribution in [0.25, 0.3) is 0 Å². The molecule has 3 saturated carbocycles. The van der Waals surface area contributed by atoms with Crippen LogP contribution in [0.4, 0.5) is 0 Å². The lowest BCUT2D eigenvalue weighted by Crippen LogP contribution is -2.42. The first-order chi connectivity index (χ1) is 5.68. The lowest BCUT2D eigenvalue weighted by molar-refractivity contribution is 0.0696. The van der Waals surface area contributed by atoms with Crippen LogP contribution in [-0.4, -0.2) is 4.87 Å². The number of alkyl halides is 1. The highest BCUT2D eigenvalue weighted by atomic mass is 35.5. The summed E-state index contributed by atoms with van der Waals surface area (Å²) in [5.41, 5.74) is 0.728. The van der Waals surface area contributed by atoms with Crippen molar-refractivity contribution in [2.75, 3.05) is 0 Å². The van der Waals surface area contributed by atoms with E-state index < -0.39 is 0 Å². The van der Waals surface area contributed by atoms with Gasteiger partial charge in [-0.3, -0.25) is 0 Å². The first-order valence-corrected chi connectivity index (χ1v) is 5.75. The van der Waals surface area contributed by atoms with Gasteiger partial charge in [0, 0.05) is 4.87 Å². The number of rotatable bonds is 2. The lowest BCUT2D eigenvalue weighted by Gasteiger charge is -2.51. The Bertz CT molecular complexity index is 149. The standard InChI is InChI=1S/C11H19Cl/c1-2-3-10-4-7-11(12,8-5-10)9-6-10/h2-9H2,1H3. The molecule has 0 atom stereocenters. The molecule has 0 nitrogen and oxygen atoms in total. The van der Waals surface area contributed by atoms with E-state index in [4.69, 9.17) is 11.6 Å². The Morgan fingerprint density at radius 1 is 1.00 bits per heavy atom. The van der Waals surface area contributed by atoms with Gasteiger partial charge in [-0.25, -0.2) is 0 Å². The SMILES string of the molecule is CCCC12CCC(Cl)(CC1)CC2. The molecule has 0 radical (unpaired) electrons. The van der Waals surface area contributed by atoms with E-state index in [-0.39, 0.29) is 4.87 Å². The van der Waals surface area contributed by atoms with E-state index in [0.29, 0.717) is 0 Å². The molecule has 0 saturated heterocycles. The summed E-state index contributed by atoms with van der Waals surface area (Å²) in [7, 11) is 0. The van der Waals surface area contributed by atoms with Crippen LogP contribution < -0.4 is 0 Å². The summed E-state index contributed by atoms with van der Waals surface area (Å²) >= 11 is 6.46. The zero-order valence-corrected chi connectivity index (χ0v) is 8.79. The molecule has 2 bridgehead atoms. The average molecular weight is 187 g/mol. The molecular formula is C11H19Cl. The molecule has 0 aliphatic heterocycles. The maximum Gasteiger partial charge on any atom is 0.0447 e. The minimum absolute atomic E-state index is 0.232. The zero-order chi connectivity index (χ0) is 8.66. The second kappa shape index (κ2) is 2.90. The third kappa shape index (κ3) is 1.39. The maximum atomic E-state index is 6.46. The van der Waals surface area contributed by atoms with Crippen LogP contribution in [0.5, 0.6) is 0 Å². The number of hydrogen-bond acceptors (Lipinski definition) is 0. The number of halogens is 1. The molecule has 0 unspecified atom stereocenters. The maximum absolute atomic E-state index is 6.46. The van der Waals surface area contributed by atoms with Crippen molar-refractivity contribution < 1.29 is 0 Å². The molecule has 0 heterocycles. The van der Waals surface area contributed by atoms with Crippen LogP contribution in [0, 0.1) is 5.41 Å². The van der Waals surface area contributed by atoms with Crippen LogP contribution in [0.2, 0.25) is 0 Å². The summed E-state index contributed by atoms with van der Waals surface area (Å²) in [6, 6.07) is 0. The van der Waals surface area contributed by atoms with E-state index in [9.17, 15) is 0 Å². The number of fused-ring (bicyclic) bond motifs is 3. The molecule has 0 aromatic carbocycles. The van der Waals surface area contributed by atoms with Crippen molar-refractivity contribution in [2.45, 2.75) is 63.2 Å². The molecule has 0 aromatic rings. The van der Waals surface area contributed by atoms with Crippen LogP contribution in [-0.2, 0) is 0 Å². The Morgan fingerprint density at radius 3 is 1.92 bits per heavy atom. The molecule has 70 valence electrons. The van der Waals surface area contributed by atoms with E-state index in [1.165, 1.54) is 51.4 Å². The van der Waals surface area contributed by atoms with Gasteiger partial charge >= 0.3 is 0 Å². The van der Waals surface area contributed by atoms with Crippen LogP contribution in [0.15, 0.2) is 0 Å². The van der Waals surface area contributed by atoms with Gasteiger partial charge in [0.05, 0.1) is 0 Å². The van der Waals surface area contributed by atoms with Crippen LogP contribution in [0.3, 0.4) is 0 Å². The van der Waals surface area contributed by atoms with Crippen molar-refractivity contribution in [3.05, 3.63) is 0 Å². The Kier molecular flexibility index (Phi) is 2.15. The summed E-state index contributed by atoms with van der Waals surface area (Å²) in [6.07, 6.45) is 10.9. The summed E-state index contributed by atoms with van der Waals surface area (Å²) in [6.45, 7) is 2.31. The molecule has 3 fully saturated rings. The Morgan fingerprint density at radius 2 is 1.50 bits per heavy atom. The Hall–Kier alpha value is 0.290. The highest BCUT2D eigenvalue weighted by molar-refractivity contribution is 6.24. The fraction of sp³-hybridized carbons (Fsp3) is 1.00. The Balaban J connectivity index is 2.04. The van der Waals surface area contributed by atoms with E-state index in [2.05, 4.69) is 6.92 Å². The van der Waals surface area contributed by atoms with Crippen molar-refractivity contribution in [1.29, 1.82) is 0 Å². The van der Waals surface area contributed by atoms with Crippen LogP contribution in [0.1, 0.15) is 58.3 Å². The van der Waals surface area contributed by atoms with E-state index in [1.54, 1.807) is 0 Å². The molecule has 12 heavy (non-hydrogen) atoms. The van der Waals surface area contributed by atoms with Gasteiger partial charge in [0.25, 0.3) is 0 Å². The molecule has 3 aliphatic carbocycles. The third-order valence-corrected chi connectivity index (χ3v) is 4.66. The number of hydrogen-bond donors (Lipinski definition) is 0. The molecule has 0 N–H and O–H groups in total. The predicted octanol–water partition coefficient (Wildman–Crippen LogP) is 4.12. The monoisotopic (exact) mass is 186 g/mol. The van der Waals surface area contributed by atoms with Crippen molar-refractivity contribution in [3.63, 3.8) is 0 Å². The van der Waals surface area contributed by atoms with Gasteiger partial charge in [-0.05, 0) is 50.4 Å². The molecule has 1 heteroatoms. The van der Waals surface area contributed by atoms with Crippen molar-refractivity contribution >= 4 is 11.6 Å². The fourth-order valence-electron chi connectivity index (χ4n) is 3.12. The lowest BCUT2D eigenvalue weighted by atomic mass is 9.59. The topological polar surface area (TPSA) is 0 Å². The second-order valence-electron chi connectivity index (χ2n) is 4.90. The van der Waals surface area contributed by atoms with Crippen molar-refractivity contribution in [3.8, 4) is 0 Å². The molecule has 3 aliphatic rings. The molecule has 0 aromatic heterocycles. The fourth-order valence-corrected chi connectivity index (χ4v) is 3.41. The minimum Gasteiger partial charge on any atom is -0.119 e. The zero-order valence-electron chi connectivity index (χ0n) is 8.03. The third-order valence-electron chi connectivity index (χ3n) is 4.09. The first-order valence-electron chi connectivity index (χ1n) is 5.37. The molecule has 0 amide bonds. The quantitative estimate of drug-likeness (QED) is 0.570.